The van der Waals surface area contributed by atoms with E-state index in [9.17, 15) is 18.0 Å². The van der Waals surface area contributed by atoms with E-state index in [-0.39, 0.29) is 18.8 Å². The number of hydrogen-bond acceptors (Lipinski definition) is 6. The first-order valence-electron chi connectivity index (χ1n) is 8.47. The van der Waals surface area contributed by atoms with Crippen LogP contribution in [-0.2, 0) is 15.7 Å². The number of benzene rings is 2. The van der Waals surface area contributed by atoms with E-state index in [0.29, 0.717) is 17.6 Å². The molecule has 0 aromatic heterocycles. The largest absolute Gasteiger partial charge is 0.491 e. The zero-order valence-corrected chi connectivity index (χ0v) is 14.9. The van der Waals surface area contributed by atoms with Crippen LogP contribution in [0.15, 0.2) is 42.5 Å². The molecule has 0 unspecified atom stereocenters. The Kier molecular flexibility index (Phi) is 5.71. The quantitative estimate of drug-likeness (QED) is 0.715. The number of carbonyl (C=O) groups excluding carboxylic acids is 1. The SMILES string of the molecule is N#Cc1ccc(OC[C@@H]2CN(c3ccc(C#N)c(C(F)(F)F)c3)[C@@H](C=O)O2)cc1. The molecule has 6 nitrogen and oxygen atoms in total. The van der Waals surface area contributed by atoms with Crippen LogP contribution in [0.2, 0.25) is 0 Å². The van der Waals surface area contributed by atoms with E-state index in [1.165, 1.54) is 17.0 Å². The van der Waals surface area contributed by atoms with Crippen molar-refractivity contribution >= 4 is 12.0 Å². The molecule has 0 amide bonds. The van der Waals surface area contributed by atoms with Crippen LogP contribution in [0.1, 0.15) is 16.7 Å². The van der Waals surface area contributed by atoms with Crippen molar-refractivity contribution in [3.63, 3.8) is 0 Å². The molecule has 3 rings (SSSR count). The van der Waals surface area contributed by atoms with Crippen LogP contribution in [0.25, 0.3) is 0 Å². The van der Waals surface area contributed by atoms with E-state index in [1.807, 2.05) is 6.07 Å². The molecule has 1 heterocycles. The average molecular weight is 401 g/mol. The van der Waals surface area contributed by atoms with E-state index in [0.717, 1.165) is 12.1 Å². The van der Waals surface area contributed by atoms with E-state index in [1.54, 1.807) is 24.3 Å². The zero-order valence-electron chi connectivity index (χ0n) is 14.9. The average Bonchev–Trinajstić information content (AvgIpc) is 3.15. The maximum Gasteiger partial charge on any atom is 0.417 e. The molecule has 9 heteroatoms. The zero-order chi connectivity index (χ0) is 21.0. The van der Waals surface area contributed by atoms with E-state index >= 15 is 0 Å². The molecule has 29 heavy (non-hydrogen) atoms. The molecule has 1 aliphatic rings. The molecular formula is C20H14F3N3O3. The number of nitrogens with zero attached hydrogens (tertiary/aromatic N) is 3. The fourth-order valence-corrected chi connectivity index (χ4v) is 2.94. The Morgan fingerprint density at radius 1 is 1.17 bits per heavy atom. The summed E-state index contributed by atoms with van der Waals surface area (Å²) >= 11 is 0. The van der Waals surface area contributed by atoms with Crippen LogP contribution in [0.3, 0.4) is 0 Å². The third-order valence-corrected chi connectivity index (χ3v) is 4.34. The summed E-state index contributed by atoms with van der Waals surface area (Å²) in [6, 6.07) is 13.1. The molecule has 1 aliphatic heterocycles. The van der Waals surface area contributed by atoms with Gasteiger partial charge in [0.1, 0.15) is 18.5 Å². The Balaban J connectivity index is 1.74. The van der Waals surface area contributed by atoms with Gasteiger partial charge in [-0.2, -0.15) is 23.7 Å². The maximum absolute atomic E-state index is 13.2. The highest BCUT2D eigenvalue weighted by Crippen LogP contribution is 2.35. The Hall–Kier alpha value is -3.56. The highest BCUT2D eigenvalue weighted by atomic mass is 19.4. The van der Waals surface area contributed by atoms with Crippen molar-refractivity contribution in [2.75, 3.05) is 18.1 Å². The molecule has 2 atom stereocenters. The smallest absolute Gasteiger partial charge is 0.417 e. The van der Waals surface area contributed by atoms with Gasteiger partial charge in [-0.1, -0.05) is 0 Å². The van der Waals surface area contributed by atoms with Crippen molar-refractivity contribution in [1.82, 2.24) is 0 Å². The van der Waals surface area contributed by atoms with E-state index in [2.05, 4.69) is 0 Å². The molecule has 148 valence electrons. The predicted octanol–water partition coefficient (Wildman–Crippen LogP) is 3.26. The normalized spacial score (nSPS) is 18.7. The summed E-state index contributed by atoms with van der Waals surface area (Å²) in [6.45, 7) is 0.192. The van der Waals surface area contributed by atoms with Crippen LogP contribution in [0.4, 0.5) is 18.9 Å². The number of halogens is 3. The molecule has 1 saturated heterocycles. The minimum absolute atomic E-state index is 0.0646. The van der Waals surface area contributed by atoms with Crippen LogP contribution >= 0.6 is 0 Å². The molecular weight excluding hydrogens is 387 g/mol. The van der Waals surface area contributed by atoms with Gasteiger partial charge >= 0.3 is 6.18 Å². The number of ether oxygens (including phenoxy) is 2. The van der Waals surface area contributed by atoms with Crippen molar-refractivity contribution in [2.45, 2.75) is 18.5 Å². The lowest BCUT2D eigenvalue weighted by molar-refractivity contribution is -0.137. The van der Waals surface area contributed by atoms with E-state index in [4.69, 9.17) is 20.0 Å². The first-order chi connectivity index (χ1) is 13.9. The minimum Gasteiger partial charge on any atom is -0.491 e. The molecule has 2 aromatic carbocycles. The summed E-state index contributed by atoms with van der Waals surface area (Å²) in [4.78, 5) is 12.8. The second-order valence-electron chi connectivity index (χ2n) is 6.22. The molecule has 1 fully saturated rings. The van der Waals surface area contributed by atoms with Crippen molar-refractivity contribution in [3.05, 3.63) is 59.2 Å². The fraction of sp³-hybridized carbons (Fsp3) is 0.250. The standard InChI is InChI=1S/C20H14F3N3O3/c21-20(22,23)18-7-15(4-3-14(18)9-25)26-10-17(29-19(26)11-27)12-28-16-5-1-13(8-24)2-6-16/h1-7,11,17,19H,10,12H2/t17-,19+/m0/s1. The number of hydrogen-bond donors (Lipinski definition) is 0. The highest BCUT2D eigenvalue weighted by Gasteiger charge is 2.37. The van der Waals surface area contributed by atoms with E-state index < -0.39 is 29.6 Å². The summed E-state index contributed by atoms with van der Waals surface area (Å²) in [6.07, 6.45) is -5.84. The number of alkyl halides is 3. The Morgan fingerprint density at radius 3 is 2.48 bits per heavy atom. The molecule has 0 saturated carbocycles. The summed E-state index contributed by atoms with van der Waals surface area (Å²) in [5.74, 6) is 0.492. The predicted molar refractivity (Wildman–Crippen MR) is 94.9 cm³/mol. The van der Waals surface area contributed by atoms with Gasteiger partial charge in [0.05, 0.1) is 35.4 Å². The summed E-state index contributed by atoms with van der Waals surface area (Å²) in [5.41, 5.74) is -0.971. The summed E-state index contributed by atoms with van der Waals surface area (Å²) in [7, 11) is 0. The molecule has 0 spiro atoms. The van der Waals surface area contributed by atoms with Gasteiger partial charge in [-0.3, -0.25) is 4.79 Å². The van der Waals surface area contributed by atoms with Gasteiger partial charge in [0, 0.05) is 5.69 Å². The molecule has 0 radical (unpaired) electrons. The molecule has 0 aliphatic carbocycles. The lowest BCUT2D eigenvalue weighted by Gasteiger charge is -2.22. The lowest BCUT2D eigenvalue weighted by atomic mass is 10.1. The van der Waals surface area contributed by atoms with Crippen molar-refractivity contribution < 1.29 is 27.4 Å². The van der Waals surface area contributed by atoms with Crippen molar-refractivity contribution in [1.29, 1.82) is 10.5 Å². The first kappa shape index (κ1) is 20.2. The van der Waals surface area contributed by atoms with Crippen molar-refractivity contribution in [3.8, 4) is 17.9 Å². The molecule has 0 bridgehead atoms. The van der Waals surface area contributed by atoms with Gasteiger partial charge in [0.2, 0.25) is 0 Å². The Morgan fingerprint density at radius 2 is 1.90 bits per heavy atom. The van der Waals surface area contributed by atoms with Gasteiger partial charge in [-0.25, -0.2) is 0 Å². The molecule has 0 N–H and O–H groups in total. The van der Waals surface area contributed by atoms with Gasteiger partial charge < -0.3 is 14.4 Å². The first-order valence-corrected chi connectivity index (χ1v) is 8.47. The highest BCUT2D eigenvalue weighted by molar-refractivity contribution is 5.66. The van der Waals surface area contributed by atoms with Gasteiger partial charge in [-0.15, -0.1) is 0 Å². The third kappa shape index (κ3) is 4.48. The Bertz CT molecular complexity index is 978. The fourth-order valence-electron chi connectivity index (χ4n) is 2.94. The van der Waals surface area contributed by atoms with Gasteiger partial charge in [0.15, 0.2) is 12.5 Å². The molecule has 2 aromatic rings. The van der Waals surface area contributed by atoms with Gasteiger partial charge in [0.25, 0.3) is 0 Å². The number of aldehydes is 1. The van der Waals surface area contributed by atoms with Gasteiger partial charge in [-0.05, 0) is 42.5 Å². The topological polar surface area (TPSA) is 86.4 Å². The summed E-state index contributed by atoms with van der Waals surface area (Å²) in [5, 5.41) is 17.7. The second-order valence-corrected chi connectivity index (χ2v) is 6.22. The monoisotopic (exact) mass is 401 g/mol. The second kappa shape index (κ2) is 8.21. The van der Waals surface area contributed by atoms with Crippen molar-refractivity contribution in [2.24, 2.45) is 0 Å². The minimum atomic E-state index is -4.70. The number of rotatable bonds is 5. The van der Waals surface area contributed by atoms with Crippen LogP contribution in [-0.4, -0.2) is 31.8 Å². The number of nitriles is 2. The third-order valence-electron chi connectivity index (χ3n) is 4.34. The maximum atomic E-state index is 13.2. The number of anilines is 1. The van der Waals surface area contributed by atoms with Crippen LogP contribution in [0, 0.1) is 22.7 Å². The summed E-state index contributed by atoms with van der Waals surface area (Å²) < 4.78 is 50.8. The van der Waals surface area contributed by atoms with Crippen LogP contribution in [0.5, 0.6) is 5.75 Å². The lowest BCUT2D eigenvalue weighted by Crippen LogP contribution is -2.31. The Labute approximate surface area is 164 Å². The van der Waals surface area contributed by atoms with Crippen LogP contribution < -0.4 is 9.64 Å². The number of carbonyl (C=O) groups is 1.